The Labute approximate surface area is 152 Å². The van der Waals surface area contributed by atoms with E-state index in [9.17, 15) is 4.79 Å². The van der Waals surface area contributed by atoms with Crippen molar-refractivity contribution in [2.45, 2.75) is 32.7 Å². The summed E-state index contributed by atoms with van der Waals surface area (Å²) in [7, 11) is 0. The van der Waals surface area contributed by atoms with Gasteiger partial charge in [-0.2, -0.15) is 0 Å². The number of hydrogen-bond acceptors (Lipinski definition) is 6. The van der Waals surface area contributed by atoms with Gasteiger partial charge in [-0.05, 0) is 37.3 Å². The lowest BCUT2D eigenvalue weighted by molar-refractivity contribution is 0.0595. The predicted molar refractivity (Wildman–Crippen MR) is 98.9 cm³/mol. The molecule has 1 aliphatic heterocycles. The monoisotopic (exact) mass is 360 g/mol. The minimum Gasteiger partial charge on any atom is -0.381 e. The number of aryl methyl sites for hydroxylation is 1. The number of ether oxygens (including phenoxy) is 1. The topological polar surface area (TPSA) is 76.1 Å². The molecule has 1 atom stereocenters. The molecule has 2 aromatic rings. The van der Waals surface area contributed by atoms with E-state index < -0.39 is 0 Å². The van der Waals surface area contributed by atoms with Gasteiger partial charge < -0.3 is 15.4 Å². The van der Waals surface area contributed by atoms with Crippen molar-refractivity contribution < 1.29 is 9.53 Å². The van der Waals surface area contributed by atoms with Gasteiger partial charge in [0.25, 0.3) is 5.91 Å². The SMILES string of the molecule is CCc1csc(CNC(=O)c2ccc(NC[C@@H]3CCCOC3)nc2)n1. The van der Waals surface area contributed by atoms with Gasteiger partial charge in [-0.15, -0.1) is 11.3 Å². The van der Waals surface area contributed by atoms with Crippen LogP contribution in [0.1, 0.15) is 40.8 Å². The van der Waals surface area contributed by atoms with Gasteiger partial charge in [0.2, 0.25) is 0 Å². The number of thiazole rings is 1. The first-order chi connectivity index (χ1) is 12.2. The second-order valence-electron chi connectivity index (χ2n) is 6.16. The second kappa shape index (κ2) is 8.92. The lowest BCUT2D eigenvalue weighted by Gasteiger charge is -2.22. The number of amides is 1. The van der Waals surface area contributed by atoms with E-state index in [4.69, 9.17) is 4.74 Å². The van der Waals surface area contributed by atoms with Crippen molar-refractivity contribution in [3.05, 3.63) is 40.0 Å². The number of anilines is 1. The molecule has 2 aromatic heterocycles. The molecule has 25 heavy (non-hydrogen) atoms. The van der Waals surface area contributed by atoms with Crippen LogP contribution in [-0.2, 0) is 17.7 Å². The zero-order valence-electron chi connectivity index (χ0n) is 14.5. The van der Waals surface area contributed by atoms with Crippen LogP contribution in [0.3, 0.4) is 0 Å². The molecule has 1 amide bonds. The van der Waals surface area contributed by atoms with Crippen molar-refractivity contribution >= 4 is 23.1 Å². The molecule has 0 spiro atoms. The fraction of sp³-hybridized carbons (Fsp3) is 0.500. The van der Waals surface area contributed by atoms with E-state index >= 15 is 0 Å². The van der Waals surface area contributed by atoms with Gasteiger partial charge in [-0.25, -0.2) is 9.97 Å². The fourth-order valence-corrected chi connectivity index (χ4v) is 3.52. The van der Waals surface area contributed by atoms with Crippen LogP contribution in [0.5, 0.6) is 0 Å². The predicted octanol–water partition coefficient (Wildman–Crippen LogP) is 2.87. The van der Waals surface area contributed by atoms with Crippen molar-refractivity contribution in [2.75, 3.05) is 25.1 Å². The number of hydrogen-bond donors (Lipinski definition) is 2. The van der Waals surface area contributed by atoms with Crippen molar-refractivity contribution in [1.82, 2.24) is 15.3 Å². The quantitative estimate of drug-likeness (QED) is 0.794. The molecule has 0 bridgehead atoms. The van der Waals surface area contributed by atoms with Gasteiger partial charge in [0.05, 0.1) is 24.4 Å². The molecule has 7 heteroatoms. The summed E-state index contributed by atoms with van der Waals surface area (Å²) in [5.41, 5.74) is 1.62. The molecule has 3 rings (SSSR count). The Kier molecular flexibility index (Phi) is 6.36. The van der Waals surface area contributed by atoms with Gasteiger partial charge in [0, 0.05) is 24.7 Å². The first kappa shape index (κ1) is 17.8. The first-order valence-electron chi connectivity index (χ1n) is 8.73. The van der Waals surface area contributed by atoms with E-state index in [1.165, 1.54) is 6.42 Å². The van der Waals surface area contributed by atoms with Crippen LogP contribution in [0.2, 0.25) is 0 Å². The zero-order chi connectivity index (χ0) is 17.5. The van der Waals surface area contributed by atoms with Crippen LogP contribution in [-0.4, -0.2) is 35.6 Å². The van der Waals surface area contributed by atoms with E-state index in [1.807, 2.05) is 11.4 Å². The molecular formula is C18H24N4O2S. The number of carbonyl (C=O) groups is 1. The number of carbonyl (C=O) groups excluding carboxylic acids is 1. The maximum absolute atomic E-state index is 12.2. The lowest BCUT2D eigenvalue weighted by atomic mass is 10.0. The van der Waals surface area contributed by atoms with Gasteiger partial charge in [-0.1, -0.05) is 6.92 Å². The minimum atomic E-state index is -0.132. The van der Waals surface area contributed by atoms with Crippen molar-refractivity contribution in [1.29, 1.82) is 0 Å². The number of pyridine rings is 1. The Balaban J connectivity index is 1.46. The van der Waals surface area contributed by atoms with Gasteiger partial charge in [0.1, 0.15) is 10.8 Å². The molecule has 6 nitrogen and oxygen atoms in total. The Morgan fingerprint density at radius 2 is 2.36 bits per heavy atom. The molecule has 3 heterocycles. The number of nitrogens with zero attached hydrogens (tertiary/aromatic N) is 2. The summed E-state index contributed by atoms with van der Waals surface area (Å²) in [6.07, 6.45) is 4.83. The highest BCUT2D eigenvalue weighted by atomic mass is 32.1. The number of aromatic nitrogens is 2. The Morgan fingerprint density at radius 3 is 3.04 bits per heavy atom. The molecule has 0 aromatic carbocycles. The third kappa shape index (κ3) is 5.24. The fourth-order valence-electron chi connectivity index (χ4n) is 2.70. The van der Waals surface area contributed by atoms with Crippen LogP contribution in [0.4, 0.5) is 5.82 Å². The highest BCUT2D eigenvalue weighted by Gasteiger charge is 2.14. The Hall–Kier alpha value is -1.99. The van der Waals surface area contributed by atoms with Crippen LogP contribution in [0.15, 0.2) is 23.7 Å². The average Bonchev–Trinajstić information content (AvgIpc) is 3.14. The third-order valence-electron chi connectivity index (χ3n) is 4.21. The third-order valence-corrected chi connectivity index (χ3v) is 5.11. The summed E-state index contributed by atoms with van der Waals surface area (Å²) in [5.74, 6) is 1.19. The van der Waals surface area contributed by atoms with E-state index in [2.05, 4.69) is 27.5 Å². The van der Waals surface area contributed by atoms with E-state index in [0.717, 1.165) is 49.1 Å². The van der Waals surface area contributed by atoms with E-state index in [0.29, 0.717) is 18.0 Å². The zero-order valence-corrected chi connectivity index (χ0v) is 15.3. The van der Waals surface area contributed by atoms with Gasteiger partial charge >= 0.3 is 0 Å². The molecule has 1 fully saturated rings. The van der Waals surface area contributed by atoms with E-state index in [-0.39, 0.29) is 5.91 Å². The molecule has 0 saturated carbocycles. The summed E-state index contributed by atoms with van der Waals surface area (Å²) in [6, 6.07) is 3.64. The van der Waals surface area contributed by atoms with Crippen molar-refractivity contribution in [2.24, 2.45) is 5.92 Å². The van der Waals surface area contributed by atoms with Crippen LogP contribution >= 0.6 is 11.3 Å². The average molecular weight is 360 g/mol. The Bertz CT molecular complexity index is 681. The maximum atomic E-state index is 12.2. The maximum Gasteiger partial charge on any atom is 0.253 e. The summed E-state index contributed by atoms with van der Waals surface area (Å²) in [5, 5.41) is 9.16. The Morgan fingerprint density at radius 1 is 1.44 bits per heavy atom. The van der Waals surface area contributed by atoms with Gasteiger partial charge in [-0.3, -0.25) is 4.79 Å². The van der Waals surface area contributed by atoms with Crippen LogP contribution < -0.4 is 10.6 Å². The molecule has 2 N–H and O–H groups in total. The standard InChI is InChI=1S/C18H24N4O2S/c1-2-15-12-25-17(22-15)10-21-18(23)14-5-6-16(20-9-14)19-8-13-4-3-7-24-11-13/h5-6,9,12-13H,2-4,7-8,10-11H2,1H3,(H,19,20)(H,21,23)/t13-/m0/s1. The summed E-state index contributed by atoms with van der Waals surface area (Å²) in [6.45, 7) is 5.05. The second-order valence-corrected chi connectivity index (χ2v) is 7.11. The van der Waals surface area contributed by atoms with E-state index in [1.54, 1.807) is 23.6 Å². The summed E-state index contributed by atoms with van der Waals surface area (Å²) < 4.78 is 5.48. The highest BCUT2D eigenvalue weighted by molar-refractivity contribution is 7.09. The molecule has 0 aliphatic carbocycles. The molecule has 134 valence electrons. The van der Waals surface area contributed by atoms with Crippen LogP contribution in [0.25, 0.3) is 0 Å². The van der Waals surface area contributed by atoms with Crippen LogP contribution in [0, 0.1) is 5.92 Å². The molecule has 1 aliphatic rings. The normalized spacial score (nSPS) is 17.2. The minimum absolute atomic E-state index is 0.132. The molecule has 0 radical (unpaired) electrons. The number of rotatable bonds is 7. The smallest absolute Gasteiger partial charge is 0.253 e. The lowest BCUT2D eigenvalue weighted by Crippen LogP contribution is -2.25. The summed E-state index contributed by atoms with van der Waals surface area (Å²) in [4.78, 5) is 21.0. The highest BCUT2D eigenvalue weighted by Crippen LogP contribution is 2.15. The largest absolute Gasteiger partial charge is 0.381 e. The molecular weight excluding hydrogens is 336 g/mol. The van der Waals surface area contributed by atoms with Crippen molar-refractivity contribution in [3.8, 4) is 0 Å². The number of nitrogens with one attached hydrogen (secondary N) is 2. The van der Waals surface area contributed by atoms with Crippen molar-refractivity contribution in [3.63, 3.8) is 0 Å². The molecule has 0 unspecified atom stereocenters. The van der Waals surface area contributed by atoms with Gasteiger partial charge in [0.15, 0.2) is 0 Å². The first-order valence-corrected chi connectivity index (χ1v) is 9.61. The molecule has 1 saturated heterocycles. The summed E-state index contributed by atoms with van der Waals surface area (Å²) >= 11 is 1.57.